The number of anilines is 1. The van der Waals surface area contributed by atoms with Crippen LogP contribution in [0.2, 0.25) is 10.0 Å². The predicted molar refractivity (Wildman–Crippen MR) is 69.2 cm³/mol. The third-order valence-corrected chi connectivity index (χ3v) is 2.92. The van der Waals surface area contributed by atoms with Crippen molar-refractivity contribution < 1.29 is 4.79 Å². The Hall–Kier alpha value is -0.730. The largest absolute Gasteiger partial charge is 0.324 e. The molecule has 0 heterocycles. The maximum atomic E-state index is 11.8. The zero-order chi connectivity index (χ0) is 12.1. The van der Waals surface area contributed by atoms with E-state index in [4.69, 9.17) is 23.2 Å². The molecule has 0 aliphatic carbocycles. The summed E-state index contributed by atoms with van der Waals surface area (Å²) < 4.78 is 0. The molecule has 0 aliphatic heterocycles. The van der Waals surface area contributed by atoms with Crippen LogP contribution >= 0.6 is 23.2 Å². The van der Waals surface area contributed by atoms with E-state index in [0.717, 1.165) is 12.8 Å². The summed E-state index contributed by atoms with van der Waals surface area (Å²) in [5.74, 6) is -0.0361. The van der Waals surface area contributed by atoms with Crippen molar-refractivity contribution in [2.45, 2.75) is 26.7 Å². The SMILES string of the molecule is CCC[C@@H](C)C(=O)Nc1cc(Cl)ccc1Cl. The molecule has 0 unspecified atom stereocenters. The molecule has 2 nitrogen and oxygen atoms in total. The van der Waals surface area contributed by atoms with E-state index in [2.05, 4.69) is 12.2 Å². The van der Waals surface area contributed by atoms with Crippen LogP contribution in [-0.2, 0) is 4.79 Å². The van der Waals surface area contributed by atoms with E-state index in [1.807, 2.05) is 6.92 Å². The molecule has 1 N–H and O–H groups in total. The second-order valence-electron chi connectivity index (χ2n) is 3.80. The first-order valence-corrected chi connectivity index (χ1v) is 6.06. The Labute approximate surface area is 106 Å². The van der Waals surface area contributed by atoms with Crippen LogP contribution in [0.25, 0.3) is 0 Å². The summed E-state index contributed by atoms with van der Waals surface area (Å²) in [4.78, 5) is 11.8. The molecule has 1 aromatic carbocycles. The average molecular weight is 260 g/mol. The number of nitrogens with one attached hydrogen (secondary N) is 1. The topological polar surface area (TPSA) is 29.1 Å². The van der Waals surface area contributed by atoms with Crippen molar-refractivity contribution in [3.63, 3.8) is 0 Å². The molecule has 1 amide bonds. The van der Waals surface area contributed by atoms with Crippen LogP contribution in [0.4, 0.5) is 5.69 Å². The van der Waals surface area contributed by atoms with E-state index >= 15 is 0 Å². The lowest BCUT2D eigenvalue weighted by molar-refractivity contribution is -0.119. The highest BCUT2D eigenvalue weighted by Gasteiger charge is 2.13. The first-order valence-electron chi connectivity index (χ1n) is 5.30. The standard InChI is InChI=1S/C12H15Cl2NO/c1-3-4-8(2)12(16)15-11-7-9(13)5-6-10(11)14/h5-8H,3-4H2,1-2H3,(H,15,16)/t8-/m1/s1. The van der Waals surface area contributed by atoms with Gasteiger partial charge in [0.1, 0.15) is 0 Å². The minimum absolute atomic E-state index is 0.0138. The van der Waals surface area contributed by atoms with E-state index < -0.39 is 0 Å². The van der Waals surface area contributed by atoms with Gasteiger partial charge in [-0.15, -0.1) is 0 Å². The van der Waals surface area contributed by atoms with Gasteiger partial charge in [0.2, 0.25) is 5.91 Å². The van der Waals surface area contributed by atoms with Crippen LogP contribution in [0.1, 0.15) is 26.7 Å². The molecule has 4 heteroatoms. The van der Waals surface area contributed by atoms with Gasteiger partial charge in [0.15, 0.2) is 0 Å². The van der Waals surface area contributed by atoms with Gasteiger partial charge in [-0.3, -0.25) is 4.79 Å². The summed E-state index contributed by atoms with van der Waals surface area (Å²) in [5, 5.41) is 3.84. The summed E-state index contributed by atoms with van der Waals surface area (Å²) >= 11 is 11.8. The van der Waals surface area contributed by atoms with E-state index in [-0.39, 0.29) is 11.8 Å². The lowest BCUT2D eigenvalue weighted by atomic mass is 10.1. The summed E-state index contributed by atoms with van der Waals surface area (Å²) in [5.41, 5.74) is 0.571. The zero-order valence-corrected chi connectivity index (χ0v) is 10.9. The van der Waals surface area contributed by atoms with Gasteiger partial charge < -0.3 is 5.32 Å². The number of hydrogen-bond donors (Lipinski definition) is 1. The fourth-order valence-corrected chi connectivity index (χ4v) is 1.75. The van der Waals surface area contributed by atoms with Gasteiger partial charge in [-0.1, -0.05) is 43.5 Å². The molecular weight excluding hydrogens is 245 g/mol. The average Bonchev–Trinajstić information content (AvgIpc) is 2.23. The Morgan fingerprint density at radius 3 is 2.75 bits per heavy atom. The minimum atomic E-state index is -0.0222. The quantitative estimate of drug-likeness (QED) is 0.855. The molecule has 0 bridgehead atoms. The molecule has 0 spiro atoms. The van der Waals surface area contributed by atoms with Crippen LogP contribution < -0.4 is 5.32 Å². The van der Waals surface area contributed by atoms with Gasteiger partial charge >= 0.3 is 0 Å². The number of carbonyl (C=O) groups is 1. The van der Waals surface area contributed by atoms with E-state index in [9.17, 15) is 4.79 Å². The first-order chi connectivity index (χ1) is 7.54. The number of carbonyl (C=O) groups excluding carboxylic acids is 1. The highest BCUT2D eigenvalue weighted by atomic mass is 35.5. The Bertz CT molecular complexity index is 379. The van der Waals surface area contributed by atoms with Crippen LogP contribution in [0.3, 0.4) is 0 Å². The fraction of sp³-hybridized carbons (Fsp3) is 0.417. The van der Waals surface area contributed by atoms with E-state index in [1.54, 1.807) is 18.2 Å². The number of benzene rings is 1. The maximum Gasteiger partial charge on any atom is 0.227 e. The fourth-order valence-electron chi connectivity index (χ4n) is 1.41. The first kappa shape index (κ1) is 13.3. The van der Waals surface area contributed by atoms with Gasteiger partial charge in [0, 0.05) is 10.9 Å². The van der Waals surface area contributed by atoms with Crippen molar-refractivity contribution in [1.29, 1.82) is 0 Å². The lowest BCUT2D eigenvalue weighted by Gasteiger charge is -2.12. The van der Waals surface area contributed by atoms with Crippen LogP contribution in [-0.4, -0.2) is 5.91 Å². The smallest absolute Gasteiger partial charge is 0.227 e. The molecule has 0 saturated heterocycles. The molecule has 16 heavy (non-hydrogen) atoms. The number of hydrogen-bond acceptors (Lipinski definition) is 1. The summed E-state index contributed by atoms with van der Waals surface area (Å²) in [6.45, 7) is 3.95. The number of halogens is 2. The van der Waals surface area contributed by atoms with Crippen molar-refractivity contribution in [3.05, 3.63) is 28.2 Å². The van der Waals surface area contributed by atoms with E-state index in [1.165, 1.54) is 0 Å². The van der Waals surface area contributed by atoms with Crippen molar-refractivity contribution in [1.82, 2.24) is 0 Å². The van der Waals surface area contributed by atoms with Crippen molar-refractivity contribution in [2.24, 2.45) is 5.92 Å². The third kappa shape index (κ3) is 3.69. The zero-order valence-electron chi connectivity index (χ0n) is 9.39. The molecule has 0 fully saturated rings. The van der Waals surface area contributed by atoms with Gasteiger partial charge in [0.05, 0.1) is 10.7 Å². The van der Waals surface area contributed by atoms with Crippen molar-refractivity contribution in [2.75, 3.05) is 5.32 Å². The molecule has 0 aliphatic rings. The molecule has 1 aromatic rings. The molecule has 1 rings (SSSR count). The molecule has 1 atom stereocenters. The van der Waals surface area contributed by atoms with Crippen LogP contribution in [0.15, 0.2) is 18.2 Å². The second-order valence-corrected chi connectivity index (χ2v) is 4.65. The highest BCUT2D eigenvalue weighted by Crippen LogP contribution is 2.26. The Balaban J connectivity index is 2.72. The lowest BCUT2D eigenvalue weighted by Crippen LogP contribution is -2.20. The van der Waals surface area contributed by atoms with Gasteiger partial charge in [0.25, 0.3) is 0 Å². The number of rotatable bonds is 4. The minimum Gasteiger partial charge on any atom is -0.324 e. The second kappa shape index (κ2) is 6.12. The molecule has 0 saturated carbocycles. The monoisotopic (exact) mass is 259 g/mol. The van der Waals surface area contributed by atoms with Crippen molar-refractivity contribution >= 4 is 34.8 Å². The number of amides is 1. The van der Waals surface area contributed by atoms with Crippen molar-refractivity contribution in [3.8, 4) is 0 Å². The third-order valence-electron chi connectivity index (χ3n) is 2.36. The highest BCUT2D eigenvalue weighted by molar-refractivity contribution is 6.35. The summed E-state index contributed by atoms with van der Waals surface area (Å²) in [6, 6.07) is 5.01. The molecule has 88 valence electrons. The Morgan fingerprint density at radius 1 is 1.44 bits per heavy atom. The summed E-state index contributed by atoms with van der Waals surface area (Å²) in [7, 11) is 0. The van der Waals surface area contributed by atoms with Gasteiger partial charge in [-0.2, -0.15) is 0 Å². The predicted octanol–water partition coefficient (Wildman–Crippen LogP) is 4.37. The molecule has 0 radical (unpaired) electrons. The molecular formula is C12H15Cl2NO. The Morgan fingerprint density at radius 2 is 2.12 bits per heavy atom. The normalized spacial score (nSPS) is 12.2. The van der Waals surface area contributed by atoms with Crippen LogP contribution in [0, 0.1) is 5.92 Å². The van der Waals surface area contributed by atoms with Gasteiger partial charge in [-0.25, -0.2) is 0 Å². The van der Waals surface area contributed by atoms with Crippen LogP contribution in [0.5, 0.6) is 0 Å². The van der Waals surface area contributed by atoms with E-state index in [0.29, 0.717) is 15.7 Å². The summed E-state index contributed by atoms with van der Waals surface area (Å²) in [6.07, 6.45) is 1.85. The van der Waals surface area contributed by atoms with Gasteiger partial charge in [-0.05, 0) is 24.6 Å². The maximum absolute atomic E-state index is 11.8. The molecule has 0 aromatic heterocycles. The Kier molecular flexibility index (Phi) is 5.10.